The fourth-order valence-electron chi connectivity index (χ4n) is 3.14. The smallest absolute Gasteiger partial charge is 0.336 e. The van der Waals surface area contributed by atoms with Crippen LogP contribution < -0.4 is 4.90 Å². The molecule has 21 heavy (non-hydrogen) atoms. The number of benzene rings is 1. The number of carbonyl (C=O) groups is 3. The van der Waals surface area contributed by atoms with Gasteiger partial charge in [0.2, 0.25) is 11.8 Å². The van der Waals surface area contributed by atoms with Crippen LogP contribution in [0.1, 0.15) is 28.8 Å². The number of aromatic carboxylic acids is 1. The molecule has 5 heteroatoms. The Labute approximate surface area is 121 Å². The summed E-state index contributed by atoms with van der Waals surface area (Å²) in [6, 6.07) is 4.66. The Morgan fingerprint density at radius 3 is 2.24 bits per heavy atom. The molecule has 1 fully saturated rings. The zero-order valence-electron chi connectivity index (χ0n) is 11.6. The summed E-state index contributed by atoms with van der Waals surface area (Å²) in [7, 11) is 0. The molecule has 5 nitrogen and oxygen atoms in total. The van der Waals surface area contributed by atoms with E-state index in [1.165, 1.54) is 11.0 Å². The van der Waals surface area contributed by atoms with Gasteiger partial charge in [0.15, 0.2) is 0 Å². The van der Waals surface area contributed by atoms with Crippen molar-refractivity contribution >= 4 is 23.5 Å². The number of hydrogen-bond acceptors (Lipinski definition) is 3. The summed E-state index contributed by atoms with van der Waals surface area (Å²) in [4.78, 5) is 37.4. The maximum absolute atomic E-state index is 12.5. The van der Waals surface area contributed by atoms with Crippen LogP contribution in [0.15, 0.2) is 30.4 Å². The van der Waals surface area contributed by atoms with Crippen LogP contribution in [0.5, 0.6) is 0 Å². The Morgan fingerprint density at radius 2 is 1.71 bits per heavy atom. The van der Waals surface area contributed by atoms with E-state index in [1.807, 2.05) is 12.2 Å². The second-order valence-electron chi connectivity index (χ2n) is 5.42. The normalized spacial score (nSPS) is 24.3. The molecule has 1 aromatic carbocycles. The van der Waals surface area contributed by atoms with Crippen LogP contribution in [0.4, 0.5) is 5.69 Å². The minimum Gasteiger partial charge on any atom is -0.478 e. The summed E-state index contributed by atoms with van der Waals surface area (Å²) in [5.74, 6) is -2.13. The fourth-order valence-corrected chi connectivity index (χ4v) is 3.14. The van der Waals surface area contributed by atoms with Gasteiger partial charge in [-0.1, -0.05) is 18.2 Å². The molecule has 0 aromatic heterocycles. The first-order valence-electron chi connectivity index (χ1n) is 6.88. The third-order valence-corrected chi connectivity index (χ3v) is 4.28. The van der Waals surface area contributed by atoms with E-state index < -0.39 is 5.97 Å². The number of anilines is 1. The molecular formula is C16H15NO4. The first-order chi connectivity index (χ1) is 10.0. The number of hydrogen-bond donors (Lipinski definition) is 1. The summed E-state index contributed by atoms with van der Waals surface area (Å²) < 4.78 is 0. The van der Waals surface area contributed by atoms with Crippen molar-refractivity contribution in [3.63, 3.8) is 0 Å². The number of carboxylic acids is 1. The number of amides is 2. The maximum Gasteiger partial charge on any atom is 0.336 e. The quantitative estimate of drug-likeness (QED) is 0.667. The molecule has 1 N–H and O–H groups in total. The van der Waals surface area contributed by atoms with Crippen molar-refractivity contribution in [1.29, 1.82) is 0 Å². The van der Waals surface area contributed by atoms with Gasteiger partial charge >= 0.3 is 5.97 Å². The molecule has 3 rings (SSSR count). The number of imide groups is 1. The molecule has 2 unspecified atom stereocenters. The lowest BCUT2D eigenvalue weighted by atomic mass is 9.85. The van der Waals surface area contributed by atoms with Gasteiger partial charge in [0.05, 0.1) is 23.1 Å². The minimum atomic E-state index is -1.06. The largest absolute Gasteiger partial charge is 0.478 e. The lowest BCUT2D eigenvalue weighted by molar-refractivity contribution is -0.122. The predicted octanol–water partition coefficient (Wildman–Crippen LogP) is 2.15. The summed E-state index contributed by atoms with van der Waals surface area (Å²) in [6.07, 6.45) is 5.00. The molecule has 1 aliphatic heterocycles. The molecule has 2 atom stereocenters. The van der Waals surface area contributed by atoms with Crippen LogP contribution in [-0.4, -0.2) is 22.9 Å². The number of carboxylic acid groups (broad SMARTS) is 1. The highest BCUT2D eigenvalue weighted by Gasteiger charge is 2.48. The average Bonchev–Trinajstić information content (AvgIpc) is 2.72. The van der Waals surface area contributed by atoms with Gasteiger partial charge in [0.1, 0.15) is 0 Å². The van der Waals surface area contributed by atoms with E-state index in [2.05, 4.69) is 0 Å². The molecule has 2 amide bonds. The molecule has 108 valence electrons. The van der Waals surface area contributed by atoms with E-state index in [-0.39, 0.29) is 29.2 Å². The zero-order valence-corrected chi connectivity index (χ0v) is 11.6. The molecule has 0 bridgehead atoms. The minimum absolute atomic E-state index is 0.112. The Bertz CT molecular complexity index is 651. The second-order valence-corrected chi connectivity index (χ2v) is 5.42. The summed E-state index contributed by atoms with van der Waals surface area (Å²) in [6.45, 7) is 1.62. The predicted molar refractivity (Wildman–Crippen MR) is 76.0 cm³/mol. The Balaban J connectivity index is 2.06. The van der Waals surface area contributed by atoms with Crippen LogP contribution in [0, 0.1) is 18.8 Å². The summed E-state index contributed by atoms with van der Waals surface area (Å²) >= 11 is 0. The maximum atomic E-state index is 12.5. The SMILES string of the molecule is Cc1c(C(=O)O)cccc1N1C(=O)C2CC=CCC2C1=O. The van der Waals surface area contributed by atoms with Crippen molar-refractivity contribution < 1.29 is 19.5 Å². The van der Waals surface area contributed by atoms with Crippen molar-refractivity contribution in [2.75, 3.05) is 4.90 Å². The van der Waals surface area contributed by atoms with E-state index in [1.54, 1.807) is 19.1 Å². The fraction of sp³-hybridized carbons (Fsp3) is 0.312. The number of allylic oxidation sites excluding steroid dienone is 2. The van der Waals surface area contributed by atoms with Crippen LogP contribution in [0.2, 0.25) is 0 Å². The van der Waals surface area contributed by atoms with E-state index in [9.17, 15) is 19.5 Å². The topological polar surface area (TPSA) is 74.7 Å². The van der Waals surface area contributed by atoms with Crippen molar-refractivity contribution in [3.05, 3.63) is 41.5 Å². The Morgan fingerprint density at radius 1 is 1.14 bits per heavy atom. The number of rotatable bonds is 2. The molecule has 2 aliphatic rings. The summed E-state index contributed by atoms with van der Waals surface area (Å²) in [5, 5.41) is 9.17. The first-order valence-corrected chi connectivity index (χ1v) is 6.88. The molecule has 1 aliphatic carbocycles. The molecule has 1 saturated heterocycles. The summed E-state index contributed by atoms with van der Waals surface area (Å²) in [5.41, 5.74) is 0.943. The lowest BCUT2D eigenvalue weighted by Gasteiger charge is -2.18. The van der Waals surface area contributed by atoms with Crippen molar-refractivity contribution in [2.45, 2.75) is 19.8 Å². The van der Waals surface area contributed by atoms with Crippen LogP contribution >= 0.6 is 0 Å². The van der Waals surface area contributed by atoms with E-state index in [0.29, 0.717) is 24.1 Å². The Hall–Kier alpha value is -2.43. The van der Waals surface area contributed by atoms with Crippen molar-refractivity contribution in [2.24, 2.45) is 11.8 Å². The molecule has 1 heterocycles. The average molecular weight is 285 g/mol. The van der Waals surface area contributed by atoms with Crippen molar-refractivity contribution in [3.8, 4) is 0 Å². The number of carbonyl (C=O) groups excluding carboxylic acids is 2. The standard InChI is InChI=1S/C16H15NO4/c1-9-10(16(20)21)7-4-8-13(9)17-14(18)11-5-2-3-6-12(11)15(17)19/h2-4,7-8,11-12H,5-6H2,1H3,(H,20,21). The molecule has 1 aromatic rings. The second kappa shape index (κ2) is 4.84. The Kier molecular flexibility index (Phi) is 3.12. The lowest BCUT2D eigenvalue weighted by Crippen LogP contribution is -2.31. The third-order valence-electron chi connectivity index (χ3n) is 4.28. The zero-order chi connectivity index (χ0) is 15.1. The van der Waals surface area contributed by atoms with Gasteiger partial charge in [0.25, 0.3) is 0 Å². The van der Waals surface area contributed by atoms with Crippen LogP contribution in [0.3, 0.4) is 0 Å². The highest BCUT2D eigenvalue weighted by atomic mass is 16.4. The monoisotopic (exact) mass is 285 g/mol. The van der Waals surface area contributed by atoms with Gasteiger partial charge in [-0.05, 0) is 37.5 Å². The van der Waals surface area contributed by atoms with Gasteiger partial charge in [-0.25, -0.2) is 9.69 Å². The van der Waals surface area contributed by atoms with E-state index in [0.717, 1.165) is 0 Å². The molecule has 0 spiro atoms. The third kappa shape index (κ3) is 1.96. The molecular weight excluding hydrogens is 270 g/mol. The molecule has 0 radical (unpaired) electrons. The number of nitrogens with zero attached hydrogens (tertiary/aromatic N) is 1. The van der Waals surface area contributed by atoms with Crippen LogP contribution in [0.25, 0.3) is 0 Å². The van der Waals surface area contributed by atoms with Crippen molar-refractivity contribution in [1.82, 2.24) is 0 Å². The first kappa shape index (κ1) is 13.5. The van der Waals surface area contributed by atoms with Gasteiger partial charge in [-0.2, -0.15) is 0 Å². The highest BCUT2D eigenvalue weighted by Crippen LogP contribution is 2.39. The van der Waals surface area contributed by atoms with E-state index in [4.69, 9.17) is 0 Å². The van der Waals surface area contributed by atoms with Gasteiger partial charge in [0, 0.05) is 0 Å². The van der Waals surface area contributed by atoms with Gasteiger partial charge < -0.3 is 5.11 Å². The van der Waals surface area contributed by atoms with Crippen LogP contribution in [-0.2, 0) is 9.59 Å². The number of fused-ring (bicyclic) bond motifs is 1. The van der Waals surface area contributed by atoms with E-state index >= 15 is 0 Å². The van der Waals surface area contributed by atoms with Gasteiger partial charge in [-0.15, -0.1) is 0 Å². The highest BCUT2D eigenvalue weighted by molar-refractivity contribution is 6.22. The molecule has 0 saturated carbocycles. The van der Waals surface area contributed by atoms with Gasteiger partial charge in [-0.3, -0.25) is 9.59 Å².